The molecule has 0 bridgehead atoms. The third-order valence-corrected chi connectivity index (χ3v) is 7.54. The molecule has 1 saturated heterocycles. The summed E-state index contributed by atoms with van der Waals surface area (Å²) >= 11 is 0. The second-order valence-corrected chi connectivity index (χ2v) is 9.03. The van der Waals surface area contributed by atoms with E-state index in [1.54, 1.807) is 14.2 Å². The summed E-state index contributed by atoms with van der Waals surface area (Å²) in [5.74, 6) is 1.56. The fourth-order valence-corrected chi connectivity index (χ4v) is 6.02. The van der Waals surface area contributed by atoms with Gasteiger partial charge in [0.25, 0.3) is 0 Å². The van der Waals surface area contributed by atoms with Crippen molar-refractivity contribution >= 4 is 19.4 Å². The summed E-state index contributed by atoms with van der Waals surface area (Å²) in [5.41, 5.74) is 0. The Labute approximate surface area is 158 Å². The Morgan fingerprint density at radius 3 is 2.35 bits per heavy atom. The molecule has 0 aromatic heterocycles. The monoisotopic (exact) mass is 371 g/mol. The van der Waals surface area contributed by atoms with Crippen LogP contribution in [0.5, 0.6) is 11.5 Å². The normalized spacial score (nSPS) is 16.2. The molecule has 0 aliphatic carbocycles. The molecule has 1 heterocycles. The fourth-order valence-electron chi connectivity index (χ4n) is 3.59. The molecular weight excluding hydrogens is 342 g/mol. The highest BCUT2D eigenvalue weighted by Gasteiger charge is 2.24. The molecule has 1 atom stereocenters. The van der Waals surface area contributed by atoms with Gasteiger partial charge in [0.15, 0.2) is 11.5 Å². The first-order chi connectivity index (χ1) is 12.8. The maximum absolute atomic E-state index is 6.52. The van der Waals surface area contributed by atoms with E-state index in [1.165, 1.54) is 37.5 Å². The molecular formula is C21H29NO3Si. The lowest BCUT2D eigenvalue weighted by atomic mass is 10.1. The second-order valence-electron chi connectivity index (χ2n) is 6.65. The van der Waals surface area contributed by atoms with Gasteiger partial charge in [0.1, 0.15) is 0 Å². The maximum Gasteiger partial charge on any atom is 0.243 e. The minimum atomic E-state index is -1.85. The smallest absolute Gasteiger partial charge is 0.243 e. The molecule has 140 valence electrons. The number of para-hydroxylation sites is 1. The van der Waals surface area contributed by atoms with Gasteiger partial charge < -0.3 is 18.8 Å². The van der Waals surface area contributed by atoms with E-state index in [0.29, 0.717) is 0 Å². The average Bonchev–Trinajstić information content (AvgIpc) is 2.72. The molecule has 3 rings (SSSR count). The minimum absolute atomic E-state index is 0.756. The van der Waals surface area contributed by atoms with Gasteiger partial charge in [0.05, 0.1) is 14.2 Å². The van der Waals surface area contributed by atoms with E-state index >= 15 is 0 Å². The van der Waals surface area contributed by atoms with E-state index in [9.17, 15) is 0 Å². The van der Waals surface area contributed by atoms with Crippen LogP contribution in [0.4, 0.5) is 0 Å². The lowest BCUT2D eigenvalue weighted by molar-refractivity contribution is 0.185. The summed E-state index contributed by atoms with van der Waals surface area (Å²) < 4.78 is 17.7. The molecule has 2 aromatic carbocycles. The Balaban J connectivity index is 1.80. The van der Waals surface area contributed by atoms with E-state index in [4.69, 9.17) is 13.9 Å². The quantitative estimate of drug-likeness (QED) is 0.665. The van der Waals surface area contributed by atoms with Gasteiger partial charge >= 0.3 is 0 Å². The van der Waals surface area contributed by atoms with Crippen molar-refractivity contribution in [3.8, 4) is 11.5 Å². The number of likely N-dealkylation sites (tertiary alicyclic amines) is 1. The van der Waals surface area contributed by atoms with E-state index in [1.807, 2.05) is 18.2 Å². The van der Waals surface area contributed by atoms with Gasteiger partial charge in [-0.2, -0.15) is 0 Å². The van der Waals surface area contributed by atoms with Crippen LogP contribution >= 0.6 is 0 Å². The highest BCUT2D eigenvalue weighted by atomic mass is 28.3. The van der Waals surface area contributed by atoms with Gasteiger partial charge in [-0.05, 0) is 37.2 Å². The minimum Gasteiger partial charge on any atom is -0.493 e. The summed E-state index contributed by atoms with van der Waals surface area (Å²) in [7, 11) is 1.53. The number of hydrogen-bond acceptors (Lipinski definition) is 4. The lowest BCUT2D eigenvalue weighted by Gasteiger charge is -2.27. The zero-order chi connectivity index (χ0) is 18.2. The molecule has 0 spiro atoms. The summed E-state index contributed by atoms with van der Waals surface area (Å²) in [5, 5.41) is 2.40. The van der Waals surface area contributed by atoms with E-state index < -0.39 is 9.04 Å². The molecule has 4 nitrogen and oxygen atoms in total. The Morgan fingerprint density at radius 2 is 1.65 bits per heavy atom. The number of rotatable bonds is 8. The van der Waals surface area contributed by atoms with E-state index in [-0.39, 0.29) is 0 Å². The van der Waals surface area contributed by atoms with Gasteiger partial charge in [-0.25, -0.2) is 0 Å². The first-order valence-corrected chi connectivity index (χ1v) is 11.1. The van der Waals surface area contributed by atoms with E-state index in [2.05, 4.69) is 35.2 Å². The average molecular weight is 372 g/mol. The van der Waals surface area contributed by atoms with Crippen LogP contribution in [0.2, 0.25) is 0 Å². The van der Waals surface area contributed by atoms with Crippen molar-refractivity contribution < 1.29 is 13.9 Å². The molecule has 0 radical (unpaired) electrons. The molecule has 0 saturated carbocycles. The fraction of sp³-hybridized carbons (Fsp3) is 0.429. The Hall–Kier alpha value is -1.82. The first kappa shape index (κ1) is 19.0. The van der Waals surface area contributed by atoms with Gasteiger partial charge in [-0.15, -0.1) is 0 Å². The van der Waals surface area contributed by atoms with Crippen molar-refractivity contribution in [3.63, 3.8) is 0 Å². The van der Waals surface area contributed by atoms with Crippen molar-refractivity contribution in [1.82, 2.24) is 4.90 Å². The molecule has 0 N–H and O–H groups in total. The van der Waals surface area contributed by atoms with Gasteiger partial charge in [-0.3, -0.25) is 0 Å². The molecule has 1 aliphatic heterocycles. The number of methoxy groups -OCH3 is 2. The molecule has 1 fully saturated rings. The van der Waals surface area contributed by atoms with Gasteiger partial charge in [0.2, 0.25) is 9.04 Å². The number of benzene rings is 2. The summed E-state index contributed by atoms with van der Waals surface area (Å²) in [4.78, 5) is 2.52. The maximum atomic E-state index is 6.52. The van der Waals surface area contributed by atoms with Crippen molar-refractivity contribution in [1.29, 1.82) is 0 Å². The van der Waals surface area contributed by atoms with Crippen LogP contribution in [-0.4, -0.2) is 54.4 Å². The Kier molecular flexibility index (Phi) is 7.11. The topological polar surface area (TPSA) is 30.9 Å². The zero-order valence-electron chi connectivity index (χ0n) is 15.8. The van der Waals surface area contributed by atoms with E-state index in [0.717, 1.165) is 29.8 Å². The Morgan fingerprint density at radius 1 is 0.885 bits per heavy atom. The SMILES string of the molecule is COc1cccc([SiH](OCCN2CCCCC2)c2ccccc2)c1OC. The van der Waals surface area contributed by atoms with Gasteiger partial charge in [-0.1, -0.05) is 48.9 Å². The predicted octanol–water partition coefficient (Wildman–Crippen LogP) is 2.04. The highest BCUT2D eigenvalue weighted by Crippen LogP contribution is 2.24. The molecule has 26 heavy (non-hydrogen) atoms. The number of ether oxygens (including phenoxy) is 2. The highest BCUT2D eigenvalue weighted by molar-refractivity contribution is 6.80. The Bertz CT molecular complexity index is 674. The van der Waals surface area contributed by atoms with Crippen molar-refractivity contribution in [2.45, 2.75) is 19.3 Å². The molecule has 1 aliphatic rings. The molecule has 2 aromatic rings. The molecule has 5 heteroatoms. The van der Waals surface area contributed by atoms with Crippen LogP contribution < -0.4 is 19.8 Å². The van der Waals surface area contributed by atoms with Crippen LogP contribution in [0.25, 0.3) is 0 Å². The van der Waals surface area contributed by atoms with Crippen molar-refractivity contribution in [2.75, 3.05) is 40.5 Å². The largest absolute Gasteiger partial charge is 0.493 e. The van der Waals surface area contributed by atoms with Crippen LogP contribution in [0, 0.1) is 0 Å². The standard InChI is InChI=1S/C21H29NO3Si/c1-23-19-12-9-13-20(21(19)24-2)26(18-10-5-3-6-11-18)25-17-16-22-14-7-4-8-15-22/h3,5-6,9-13,26H,4,7-8,14-17H2,1-2H3. The van der Waals surface area contributed by atoms with Crippen LogP contribution in [0.15, 0.2) is 48.5 Å². The van der Waals surface area contributed by atoms with Gasteiger partial charge in [0, 0.05) is 18.3 Å². The second kappa shape index (κ2) is 9.76. The van der Waals surface area contributed by atoms with Crippen LogP contribution in [0.1, 0.15) is 19.3 Å². The number of nitrogens with zero attached hydrogens (tertiary/aromatic N) is 1. The van der Waals surface area contributed by atoms with Crippen molar-refractivity contribution in [3.05, 3.63) is 48.5 Å². The number of piperidine rings is 1. The summed E-state index contributed by atoms with van der Waals surface area (Å²) in [6, 6.07) is 16.6. The lowest BCUT2D eigenvalue weighted by Crippen LogP contribution is -2.47. The third kappa shape index (κ3) is 4.66. The number of hydrogen-bond donors (Lipinski definition) is 0. The molecule has 1 unspecified atom stereocenters. The van der Waals surface area contributed by atoms with Crippen LogP contribution in [-0.2, 0) is 4.43 Å². The first-order valence-electron chi connectivity index (χ1n) is 9.43. The third-order valence-electron chi connectivity index (χ3n) is 4.96. The zero-order valence-corrected chi connectivity index (χ0v) is 17.0. The molecule has 0 amide bonds. The predicted molar refractivity (Wildman–Crippen MR) is 109 cm³/mol. The van der Waals surface area contributed by atoms with Crippen molar-refractivity contribution in [2.24, 2.45) is 0 Å². The summed E-state index contributed by atoms with van der Waals surface area (Å²) in [6.45, 7) is 4.15. The van der Waals surface area contributed by atoms with Crippen LogP contribution in [0.3, 0.4) is 0 Å². The summed E-state index contributed by atoms with van der Waals surface area (Å²) in [6.07, 6.45) is 3.98.